The Hall–Kier alpha value is -2.34. The molecule has 0 saturated carbocycles. The molecule has 6 heteroatoms. The molecule has 0 saturated heterocycles. The van der Waals surface area contributed by atoms with Gasteiger partial charge in [-0.15, -0.1) is 0 Å². The first-order valence-corrected chi connectivity index (χ1v) is 11.0. The van der Waals surface area contributed by atoms with E-state index in [0.29, 0.717) is 5.69 Å². The van der Waals surface area contributed by atoms with Crippen LogP contribution in [0.25, 0.3) is 0 Å². The highest BCUT2D eigenvalue weighted by Crippen LogP contribution is 2.24. The Labute approximate surface area is 162 Å². The van der Waals surface area contributed by atoms with Crippen molar-refractivity contribution in [1.29, 1.82) is 0 Å². The highest BCUT2D eigenvalue weighted by atomic mass is 32.2. The summed E-state index contributed by atoms with van der Waals surface area (Å²) >= 11 is 0. The van der Waals surface area contributed by atoms with Gasteiger partial charge in [0, 0.05) is 5.69 Å². The zero-order valence-electron chi connectivity index (χ0n) is 16.7. The molecule has 0 spiro atoms. The number of hydrogen-bond acceptors (Lipinski definition) is 3. The fourth-order valence-corrected chi connectivity index (χ4v) is 4.05. The van der Waals surface area contributed by atoms with Gasteiger partial charge in [-0.05, 0) is 61.1 Å². The molecule has 0 heterocycles. The fourth-order valence-electron chi connectivity index (χ4n) is 3.21. The minimum Gasteiger partial charge on any atom is -0.324 e. The Morgan fingerprint density at radius 2 is 1.52 bits per heavy atom. The van der Waals surface area contributed by atoms with E-state index in [1.165, 1.54) is 0 Å². The van der Waals surface area contributed by atoms with Crippen LogP contribution >= 0.6 is 0 Å². The summed E-state index contributed by atoms with van der Waals surface area (Å²) < 4.78 is 25.8. The van der Waals surface area contributed by atoms with E-state index in [9.17, 15) is 13.2 Å². The maximum atomic E-state index is 12.7. The third kappa shape index (κ3) is 5.32. The molecule has 1 amide bonds. The van der Waals surface area contributed by atoms with Gasteiger partial charge in [0.1, 0.15) is 6.54 Å². The van der Waals surface area contributed by atoms with E-state index < -0.39 is 10.0 Å². The van der Waals surface area contributed by atoms with Crippen LogP contribution in [0, 0.1) is 13.8 Å². The molecule has 0 fully saturated rings. The molecular formula is C21H28N2O3S. The van der Waals surface area contributed by atoms with Gasteiger partial charge < -0.3 is 5.32 Å². The van der Waals surface area contributed by atoms with Gasteiger partial charge in [-0.2, -0.15) is 0 Å². The van der Waals surface area contributed by atoms with Gasteiger partial charge in [-0.1, -0.05) is 38.1 Å². The van der Waals surface area contributed by atoms with Gasteiger partial charge in [0.15, 0.2) is 0 Å². The maximum absolute atomic E-state index is 12.7. The summed E-state index contributed by atoms with van der Waals surface area (Å²) in [5, 5.41) is 2.94. The number of hydrogen-bond donors (Lipinski definition) is 1. The summed E-state index contributed by atoms with van der Waals surface area (Å²) in [6, 6.07) is 11.5. The van der Waals surface area contributed by atoms with E-state index in [2.05, 4.69) is 5.32 Å². The van der Waals surface area contributed by atoms with Crippen LogP contribution in [0.2, 0.25) is 0 Å². The summed E-state index contributed by atoms with van der Waals surface area (Å²) in [7, 11) is -3.60. The minimum atomic E-state index is -3.60. The molecule has 2 aromatic carbocycles. The van der Waals surface area contributed by atoms with Gasteiger partial charge in [0.2, 0.25) is 15.9 Å². The minimum absolute atomic E-state index is 0.261. The number of para-hydroxylation sites is 1. The van der Waals surface area contributed by atoms with Crippen LogP contribution in [0.4, 0.5) is 11.4 Å². The summed E-state index contributed by atoms with van der Waals surface area (Å²) in [5.74, 6) is -0.352. The first-order chi connectivity index (χ1) is 12.7. The van der Waals surface area contributed by atoms with Gasteiger partial charge in [-0.3, -0.25) is 9.10 Å². The third-order valence-corrected chi connectivity index (χ3v) is 5.59. The quantitative estimate of drug-likeness (QED) is 0.784. The lowest BCUT2D eigenvalue weighted by molar-refractivity contribution is -0.114. The molecule has 2 rings (SSSR count). The number of nitrogens with zero attached hydrogens (tertiary/aromatic N) is 1. The largest absolute Gasteiger partial charge is 0.324 e. The van der Waals surface area contributed by atoms with Crippen LogP contribution in [0.5, 0.6) is 0 Å². The average molecular weight is 389 g/mol. The number of amides is 1. The average Bonchev–Trinajstić information content (AvgIpc) is 2.58. The highest BCUT2D eigenvalue weighted by Gasteiger charge is 2.22. The Bertz CT molecular complexity index is 894. The third-order valence-electron chi connectivity index (χ3n) is 4.45. The van der Waals surface area contributed by atoms with E-state index in [0.717, 1.165) is 51.3 Å². The molecule has 0 atom stereocenters. The summed E-state index contributed by atoms with van der Waals surface area (Å²) in [6.45, 7) is 7.61. The van der Waals surface area contributed by atoms with Crippen molar-refractivity contribution >= 4 is 27.3 Å². The van der Waals surface area contributed by atoms with Crippen LogP contribution in [-0.2, 0) is 27.7 Å². The molecule has 0 aromatic heterocycles. The van der Waals surface area contributed by atoms with Crippen molar-refractivity contribution in [3.8, 4) is 0 Å². The van der Waals surface area contributed by atoms with Crippen molar-refractivity contribution in [2.45, 2.75) is 40.5 Å². The van der Waals surface area contributed by atoms with Crippen LogP contribution in [0.15, 0.2) is 36.4 Å². The second-order valence-corrected chi connectivity index (χ2v) is 8.73. The van der Waals surface area contributed by atoms with Crippen molar-refractivity contribution in [2.24, 2.45) is 0 Å². The Balaban J connectivity index is 2.33. The Morgan fingerprint density at radius 1 is 1.00 bits per heavy atom. The molecule has 27 heavy (non-hydrogen) atoms. The van der Waals surface area contributed by atoms with E-state index in [1.54, 1.807) is 12.1 Å². The molecular weight excluding hydrogens is 360 g/mol. The maximum Gasteiger partial charge on any atom is 0.245 e. The molecule has 0 aliphatic carbocycles. The molecule has 1 N–H and O–H groups in total. The second-order valence-electron chi connectivity index (χ2n) is 6.82. The monoisotopic (exact) mass is 388 g/mol. The van der Waals surface area contributed by atoms with Gasteiger partial charge in [0.05, 0.1) is 11.9 Å². The number of sulfonamides is 1. The first-order valence-electron chi connectivity index (χ1n) is 9.12. The normalized spacial score (nSPS) is 11.3. The van der Waals surface area contributed by atoms with Crippen LogP contribution in [0.3, 0.4) is 0 Å². The highest BCUT2D eigenvalue weighted by molar-refractivity contribution is 7.92. The summed E-state index contributed by atoms with van der Waals surface area (Å²) in [5.41, 5.74) is 5.28. The number of anilines is 2. The molecule has 146 valence electrons. The lowest BCUT2D eigenvalue weighted by atomic mass is 10.0. The lowest BCUT2D eigenvalue weighted by Crippen LogP contribution is -2.37. The molecule has 0 aliphatic heterocycles. The van der Waals surface area contributed by atoms with Gasteiger partial charge >= 0.3 is 0 Å². The SMILES string of the molecule is CCc1cccc(CC)c1NC(=O)CN(c1cc(C)cc(C)c1)S(C)(=O)=O. The van der Waals surface area contributed by atoms with E-state index in [-0.39, 0.29) is 12.5 Å². The molecule has 2 aromatic rings. The van der Waals surface area contributed by atoms with E-state index in [1.807, 2.05) is 52.0 Å². The standard InChI is InChI=1S/C21H28N2O3S/c1-6-17-9-8-10-18(7-2)21(17)22-20(24)14-23(27(5,25)26)19-12-15(3)11-16(4)13-19/h8-13H,6-7,14H2,1-5H3,(H,22,24). The number of benzene rings is 2. The molecule has 0 unspecified atom stereocenters. The number of carbonyl (C=O) groups excluding carboxylic acids is 1. The number of nitrogens with one attached hydrogen (secondary N) is 1. The fraction of sp³-hybridized carbons (Fsp3) is 0.381. The van der Waals surface area contributed by atoms with Crippen molar-refractivity contribution in [2.75, 3.05) is 22.4 Å². The predicted molar refractivity (Wildman–Crippen MR) is 112 cm³/mol. The summed E-state index contributed by atoms with van der Waals surface area (Å²) in [6.07, 6.45) is 2.70. The number of aryl methyl sites for hydroxylation is 4. The zero-order chi connectivity index (χ0) is 20.2. The molecule has 0 aliphatic rings. The van der Waals surface area contributed by atoms with Crippen molar-refractivity contribution in [3.05, 3.63) is 58.7 Å². The van der Waals surface area contributed by atoms with Gasteiger partial charge in [-0.25, -0.2) is 8.42 Å². The smallest absolute Gasteiger partial charge is 0.245 e. The molecule has 0 bridgehead atoms. The molecule has 5 nitrogen and oxygen atoms in total. The first kappa shape index (κ1) is 21.0. The van der Waals surface area contributed by atoms with E-state index >= 15 is 0 Å². The predicted octanol–water partition coefficient (Wildman–Crippen LogP) is 3.83. The van der Waals surface area contributed by atoms with Crippen LogP contribution in [0.1, 0.15) is 36.1 Å². The van der Waals surface area contributed by atoms with Crippen molar-refractivity contribution in [1.82, 2.24) is 0 Å². The van der Waals surface area contributed by atoms with Crippen LogP contribution < -0.4 is 9.62 Å². The molecule has 0 radical (unpaired) electrons. The zero-order valence-corrected chi connectivity index (χ0v) is 17.5. The number of rotatable bonds is 7. The lowest BCUT2D eigenvalue weighted by Gasteiger charge is -2.23. The van der Waals surface area contributed by atoms with Gasteiger partial charge in [0.25, 0.3) is 0 Å². The number of carbonyl (C=O) groups is 1. The van der Waals surface area contributed by atoms with Crippen molar-refractivity contribution in [3.63, 3.8) is 0 Å². The van der Waals surface area contributed by atoms with Crippen molar-refractivity contribution < 1.29 is 13.2 Å². The summed E-state index contributed by atoms with van der Waals surface area (Å²) in [4.78, 5) is 12.7. The van der Waals surface area contributed by atoms with Crippen LogP contribution in [-0.4, -0.2) is 27.1 Å². The Morgan fingerprint density at radius 3 is 1.96 bits per heavy atom. The topological polar surface area (TPSA) is 66.5 Å². The Kier molecular flexibility index (Phi) is 6.65. The van der Waals surface area contributed by atoms with E-state index in [4.69, 9.17) is 0 Å². The second kappa shape index (κ2) is 8.57.